The lowest BCUT2D eigenvalue weighted by molar-refractivity contribution is -0.120. The van der Waals surface area contributed by atoms with Crippen molar-refractivity contribution < 1.29 is 4.79 Å². The summed E-state index contributed by atoms with van der Waals surface area (Å²) in [5, 5.41) is 2.93. The maximum atomic E-state index is 11.2. The number of carbonyl (C=O) groups is 1. The summed E-state index contributed by atoms with van der Waals surface area (Å²) < 4.78 is 0. The Morgan fingerprint density at radius 1 is 1.50 bits per heavy atom. The molecule has 2 nitrogen and oxygen atoms in total. The van der Waals surface area contributed by atoms with Crippen molar-refractivity contribution in [2.24, 2.45) is 10.8 Å². The molecule has 0 aromatic heterocycles. The van der Waals surface area contributed by atoms with Crippen LogP contribution in [0.25, 0.3) is 0 Å². The lowest BCUT2D eigenvalue weighted by atomic mass is 9.64. The van der Waals surface area contributed by atoms with Crippen molar-refractivity contribution >= 4 is 5.91 Å². The standard InChI is InChI=1S/C10H19NO/c1-5-10(9(2,3)4)6-8(12)11-7-10/h5-7H2,1-4H3,(H,11,12)/t10-/m0/s1. The predicted octanol–water partition coefficient (Wildman–Crippen LogP) is 1.95. The van der Waals surface area contributed by atoms with Crippen molar-refractivity contribution in [3.8, 4) is 0 Å². The van der Waals surface area contributed by atoms with E-state index in [-0.39, 0.29) is 16.7 Å². The quantitative estimate of drug-likeness (QED) is 0.638. The molecule has 1 atom stereocenters. The van der Waals surface area contributed by atoms with Crippen LogP contribution in [0.3, 0.4) is 0 Å². The highest BCUT2D eigenvalue weighted by atomic mass is 16.1. The summed E-state index contributed by atoms with van der Waals surface area (Å²) in [5.41, 5.74) is 0.408. The van der Waals surface area contributed by atoms with E-state index in [0.717, 1.165) is 13.0 Å². The van der Waals surface area contributed by atoms with Crippen LogP contribution in [-0.4, -0.2) is 12.5 Å². The summed E-state index contributed by atoms with van der Waals surface area (Å²) in [6, 6.07) is 0. The van der Waals surface area contributed by atoms with Gasteiger partial charge in [-0.25, -0.2) is 0 Å². The number of hydrogen-bond donors (Lipinski definition) is 1. The van der Waals surface area contributed by atoms with Crippen LogP contribution in [0.1, 0.15) is 40.5 Å². The van der Waals surface area contributed by atoms with Crippen molar-refractivity contribution in [3.05, 3.63) is 0 Å². The summed E-state index contributed by atoms with van der Waals surface area (Å²) in [4.78, 5) is 11.2. The van der Waals surface area contributed by atoms with Gasteiger partial charge in [0.25, 0.3) is 0 Å². The lowest BCUT2D eigenvalue weighted by Crippen LogP contribution is -2.37. The highest BCUT2D eigenvalue weighted by molar-refractivity contribution is 5.79. The van der Waals surface area contributed by atoms with Crippen LogP contribution in [0.15, 0.2) is 0 Å². The molecule has 0 saturated carbocycles. The van der Waals surface area contributed by atoms with Gasteiger partial charge in [-0.3, -0.25) is 4.79 Å². The number of nitrogens with one attached hydrogen (secondary N) is 1. The normalized spacial score (nSPS) is 30.5. The summed E-state index contributed by atoms with van der Waals surface area (Å²) in [5.74, 6) is 0.215. The van der Waals surface area contributed by atoms with Crippen LogP contribution < -0.4 is 5.32 Å². The predicted molar refractivity (Wildman–Crippen MR) is 49.8 cm³/mol. The Labute approximate surface area is 74.7 Å². The SMILES string of the molecule is CC[C@@]1(C(C)(C)C)CNC(=O)C1. The van der Waals surface area contributed by atoms with Crippen molar-refractivity contribution in [3.63, 3.8) is 0 Å². The minimum Gasteiger partial charge on any atom is -0.355 e. The number of rotatable bonds is 1. The highest BCUT2D eigenvalue weighted by Crippen LogP contribution is 2.46. The number of amides is 1. The third-order valence-corrected chi connectivity index (χ3v) is 3.39. The molecule has 1 saturated heterocycles. The van der Waals surface area contributed by atoms with Gasteiger partial charge in [0.15, 0.2) is 0 Å². The molecule has 0 radical (unpaired) electrons. The molecule has 0 spiro atoms. The average molecular weight is 169 g/mol. The zero-order valence-corrected chi connectivity index (χ0v) is 8.53. The Bertz CT molecular complexity index is 193. The average Bonchev–Trinajstić information content (AvgIpc) is 2.31. The molecule has 12 heavy (non-hydrogen) atoms. The first kappa shape index (κ1) is 9.56. The zero-order valence-electron chi connectivity index (χ0n) is 8.53. The molecule has 2 heteroatoms. The second-order valence-corrected chi connectivity index (χ2v) is 4.84. The van der Waals surface area contributed by atoms with Gasteiger partial charge in [-0.05, 0) is 11.8 Å². The van der Waals surface area contributed by atoms with Crippen LogP contribution in [-0.2, 0) is 4.79 Å². The molecule has 0 aliphatic carbocycles. The molecule has 0 aromatic carbocycles. The van der Waals surface area contributed by atoms with E-state index >= 15 is 0 Å². The smallest absolute Gasteiger partial charge is 0.220 e. The molecule has 1 aliphatic rings. The fourth-order valence-corrected chi connectivity index (χ4v) is 2.01. The van der Waals surface area contributed by atoms with Gasteiger partial charge in [0.2, 0.25) is 5.91 Å². The second-order valence-electron chi connectivity index (χ2n) is 4.84. The Hall–Kier alpha value is -0.530. The minimum atomic E-state index is 0.185. The van der Waals surface area contributed by atoms with Gasteiger partial charge in [-0.2, -0.15) is 0 Å². The molecule has 1 rings (SSSR count). The largest absolute Gasteiger partial charge is 0.355 e. The van der Waals surface area contributed by atoms with Crippen LogP contribution in [0.2, 0.25) is 0 Å². The van der Waals surface area contributed by atoms with Gasteiger partial charge in [-0.15, -0.1) is 0 Å². The number of hydrogen-bond acceptors (Lipinski definition) is 1. The van der Waals surface area contributed by atoms with Crippen molar-refractivity contribution in [2.45, 2.75) is 40.5 Å². The van der Waals surface area contributed by atoms with Crippen LogP contribution >= 0.6 is 0 Å². The molecule has 0 bridgehead atoms. The summed E-state index contributed by atoms with van der Waals surface area (Å²) >= 11 is 0. The molecule has 1 heterocycles. The van der Waals surface area contributed by atoms with Gasteiger partial charge in [0, 0.05) is 18.4 Å². The monoisotopic (exact) mass is 169 g/mol. The summed E-state index contributed by atoms with van der Waals surface area (Å²) in [6.07, 6.45) is 1.78. The Balaban J connectivity index is 2.85. The molecular weight excluding hydrogens is 150 g/mol. The van der Waals surface area contributed by atoms with E-state index in [2.05, 4.69) is 33.0 Å². The van der Waals surface area contributed by atoms with Crippen molar-refractivity contribution in [1.82, 2.24) is 5.32 Å². The van der Waals surface area contributed by atoms with E-state index < -0.39 is 0 Å². The summed E-state index contributed by atoms with van der Waals surface area (Å²) in [7, 11) is 0. The first-order valence-electron chi connectivity index (χ1n) is 4.68. The molecule has 0 unspecified atom stereocenters. The topological polar surface area (TPSA) is 29.1 Å². The fraction of sp³-hybridized carbons (Fsp3) is 0.900. The molecular formula is C10H19NO. The van der Waals surface area contributed by atoms with Gasteiger partial charge in [-0.1, -0.05) is 27.7 Å². The van der Waals surface area contributed by atoms with Crippen LogP contribution in [0.4, 0.5) is 0 Å². The Morgan fingerprint density at radius 2 is 2.08 bits per heavy atom. The maximum absolute atomic E-state index is 11.2. The van der Waals surface area contributed by atoms with Crippen LogP contribution in [0.5, 0.6) is 0 Å². The molecule has 0 aromatic rings. The molecule has 1 aliphatic heterocycles. The maximum Gasteiger partial charge on any atom is 0.220 e. The third kappa shape index (κ3) is 1.35. The summed E-state index contributed by atoms with van der Waals surface area (Å²) in [6.45, 7) is 9.68. The minimum absolute atomic E-state index is 0.185. The van der Waals surface area contributed by atoms with E-state index in [4.69, 9.17) is 0 Å². The highest BCUT2D eigenvalue weighted by Gasteiger charge is 2.45. The second kappa shape index (κ2) is 2.75. The van der Waals surface area contributed by atoms with E-state index in [1.54, 1.807) is 0 Å². The van der Waals surface area contributed by atoms with Crippen LogP contribution in [0, 0.1) is 10.8 Å². The van der Waals surface area contributed by atoms with Gasteiger partial charge in [0.1, 0.15) is 0 Å². The number of carbonyl (C=O) groups excluding carboxylic acids is 1. The lowest BCUT2D eigenvalue weighted by Gasteiger charge is -2.39. The van der Waals surface area contributed by atoms with Gasteiger partial charge < -0.3 is 5.32 Å². The Kier molecular flexibility index (Phi) is 2.19. The molecule has 1 amide bonds. The first-order valence-corrected chi connectivity index (χ1v) is 4.68. The van der Waals surface area contributed by atoms with Gasteiger partial charge in [0.05, 0.1) is 0 Å². The zero-order chi connectivity index (χ0) is 9.41. The van der Waals surface area contributed by atoms with Gasteiger partial charge >= 0.3 is 0 Å². The third-order valence-electron chi connectivity index (χ3n) is 3.39. The fourth-order valence-electron chi connectivity index (χ4n) is 2.01. The van der Waals surface area contributed by atoms with E-state index in [9.17, 15) is 4.79 Å². The Morgan fingerprint density at radius 3 is 2.25 bits per heavy atom. The van der Waals surface area contributed by atoms with E-state index in [0.29, 0.717) is 6.42 Å². The van der Waals surface area contributed by atoms with Crippen molar-refractivity contribution in [2.75, 3.05) is 6.54 Å². The first-order chi connectivity index (χ1) is 5.41. The van der Waals surface area contributed by atoms with Crippen molar-refractivity contribution in [1.29, 1.82) is 0 Å². The van der Waals surface area contributed by atoms with E-state index in [1.165, 1.54) is 0 Å². The molecule has 1 N–H and O–H groups in total. The van der Waals surface area contributed by atoms with E-state index in [1.807, 2.05) is 0 Å². The molecule has 70 valence electrons. The molecule has 1 fully saturated rings.